The zero-order valence-electron chi connectivity index (χ0n) is 13.0. The van der Waals surface area contributed by atoms with Gasteiger partial charge in [-0.3, -0.25) is 4.98 Å². The van der Waals surface area contributed by atoms with Crippen molar-refractivity contribution in [1.29, 1.82) is 0 Å². The van der Waals surface area contributed by atoms with E-state index in [0.717, 1.165) is 68.5 Å². The number of morpholine rings is 1. The van der Waals surface area contributed by atoms with Crippen LogP contribution in [-0.4, -0.2) is 47.9 Å². The van der Waals surface area contributed by atoms with Crippen molar-refractivity contribution in [1.82, 2.24) is 15.0 Å². The van der Waals surface area contributed by atoms with E-state index < -0.39 is 0 Å². The lowest BCUT2D eigenvalue weighted by atomic mass is 10.0. The molecule has 1 unspecified atom stereocenters. The van der Waals surface area contributed by atoms with Gasteiger partial charge in [0.25, 0.3) is 0 Å². The van der Waals surface area contributed by atoms with Gasteiger partial charge in [0.15, 0.2) is 0 Å². The quantitative estimate of drug-likeness (QED) is 0.866. The SMILES string of the molecule is c1cc(-c2cnc(N3CCOCC3)nc2C2CCCO2)ccn1. The molecule has 6 heteroatoms. The molecule has 4 heterocycles. The van der Waals surface area contributed by atoms with Gasteiger partial charge < -0.3 is 14.4 Å². The molecule has 1 atom stereocenters. The van der Waals surface area contributed by atoms with Crippen LogP contribution in [0.1, 0.15) is 24.6 Å². The van der Waals surface area contributed by atoms with Crippen LogP contribution in [0.25, 0.3) is 11.1 Å². The van der Waals surface area contributed by atoms with Crippen molar-refractivity contribution in [3.8, 4) is 11.1 Å². The van der Waals surface area contributed by atoms with E-state index in [-0.39, 0.29) is 6.10 Å². The molecule has 4 rings (SSSR count). The van der Waals surface area contributed by atoms with Gasteiger partial charge in [0, 0.05) is 43.9 Å². The van der Waals surface area contributed by atoms with E-state index in [1.807, 2.05) is 18.3 Å². The first-order valence-corrected chi connectivity index (χ1v) is 8.13. The molecule has 0 saturated carbocycles. The summed E-state index contributed by atoms with van der Waals surface area (Å²) >= 11 is 0. The van der Waals surface area contributed by atoms with Crippen LogP contribution < -0.4 is 4.90 Å². The van der Waals surface area contributed by atoms with Crippen molar-refractivity contribution >= 4 is 5.95 Å². The molecule has 23 heavy (non-hydrogen) atoms. The zero-order valence-corrected chi connectivity index (χ0v) is 13.0. The number of rotatable bonds is 3. The van der Waals surface area contributed by atoms with E-state index in [4.69, 9.17) is 14.5 Å². The maximum absolute atomic E-state index is 5.89. The summed E-state index contributed by atoms with van der Waals surface area (Å²) in [5.74, 6) is 0.775. The van der Waals surface area contributed by atoms with E-state index in [9.17, 15) is 0 Å². The lowest BCUT2D eigenvalue weighted by Gasteiger charge is -2.27. The van der Waals surface area contributed by atoms with Gasteiger partial charge >= 0.3 is 0 Å². The molecule has 6 nitrogen and oxygen atoms in total. The Morgan fingerprint density at radius 3 is 2.65 bits per heavy atom. The molecule has 0 aliphatic carbocycles. The van der Waals surface area contributed by atoms with E-state index in [2.05, 4.69) is 14.9 Å². The molecule has 2 aliphatic rings. The van der Waals surface area contributed by atoms with E-state index >= 15 is 0 Å². The minimum Gasteiger partial charge on any atom is -0.378 e. The number of ether oxygens (including phenoxy) is 2. The average Bonchev–Trinajstić information content (AvgIpc) is 3.17. The highest BCUT2D eigenvalue weighted by Crippen LogP contribution is 2.34. The Morgan fingerprint density at radius 1 is 1.09 bits per heavy atom. The zero-order chi connectivity index (χ0) is 15.5. The van der Waals surface area contributed by atoms with Gasteiger partial charge in [-0.1, -0.05) is 0 Å². The molecule has 2 saturated heterocycles. The van der Waals surface area contributed by atoms with Crippen molar-refractivity contribution < 1.29 is 9.47 Å². The number of pyridine rings is 1. The van der Waals surface area contributed by atoms with Crippen molar-refractivity contribution in [3.63, 3.8) is 0 Å². The summed E-state index contributed by atoms with van der Waals surface area (Å²) in [6.07, 6.45) is 7.66. The summed E-state index contributed by atoms with van der Waals surface area (Å²) in [6, 6.07) is 3.98. The Bertz CT molecular complexity index is 653. The number of hydrogen-bond acceptors (Lipinski definition) is 6. The number of nitrogens with zero attached hydrogens (tertiary/aromatic N) is 4. The number of hydrogen-bond donors (Lipinski definition) is 0. The molecule has 0 bridgehead atoms. The number of anilines is 1. The van der Waals surface area contributed by atoms with Crippen molar-refractivity contribution in [2.24, 2.45) is 0 Å². The fourth-order valence-corrected chi connectivity index (χ4v) is 3.09. The normalized spacial score (nSPS) is 21.6. The summed E-state index contributed by atoms with van der Waals surface area (Å²) in [6.45, 7) is 3.92. The number of aromatic nitrogens is 3. The Balaban J connectivity index is 1.73. The first kappa shape index (κ1) is 14.5. The van der Waals surface area contributed by atoms with Crippen LogP contribution in [0.3, 0.4) is 0 Å². The van der Waals surface area contributed by atoms with Crippen molar-refractivity contribution in [3.05, 3.63) is 36.4 Å². The highest BCUT2D eigenvalue weighted by molar-refractivity contribution is 5.65. The van der Waals surface area contributed by atoms with Gasteiger partial charge in [-0.2, -0.15) is 0 Å². The predicted octanol–water partition coefficient (Wildman–Crippen LogP) is 2.23. The third-order valence-electron chi connectivity index (χ3n) is 4.33. The van der Waals surface area contributed by atoms with E-state index in [1.165, 1.54) is 0 Å². The fraction of sp³-hybridized carbons (Fsp3) is 0.471. The molecule has 2 fully saturated rings. The first-order chi connectivity index (χ1) is 11.4. The van der Waals surface area contributed by atoms with Gasteiger partial charge in [0.2, 0.25) is 5.95 Å². The largest absolute Gasteiger partial charge is 0.378 e. The Morgan fingerprint density at radius 2 is 1.91 bits per heavy atom. The summed E-state index contributed by atoms with van der Waals surface area (Å²) in [4.78, 5) is 15.7. The second-order valence-electron chi connectivity index (χ2n) is 5.81. The standard InChI is InChI=1S/C17H20N4O2/c1-2-15(23-9-1)16-14(13-3-5-18-6-4-13)12-19-17(20-16)21-7-10-22-11-8-21/h3-6,12,15H,1-2,7-11H2. The third kappa shape index (κ3) is 3.04. The molecule has 120 valence electrons. The molecular weight excluding hydrogens is 292 g/mol. The van der Waals surface area contributed by atoms with E-state index in [0.29, 0.717) is 0 Å². The van der Waals surface area contributed by atoms with E-state index in [1.54, 1.807) is 12.4 Å². The van der Waals surface area contributed by atoms with Crippen LogP contribution in [0.5, 0.6) is 0 Å². The summed E-state index contributed by atoms with van der Waals surface area (Å²) in [7, 11) is 0. The maximum Gasteiger partial charge on any atom is 0.225 e. The third-order valence-corrected chi connectivity index (χ3v) is 4.33. The highest BCUT2D eigenvalue weighted by Gasteiger charge is 2.25. The first-order valence-electron chi connectivity index (χ1n) is 8.13. The Labute approximate surface area is 135 Å². The highest BCUT2D eigenvalue weighted by atomic mass is 16.5. The molecule has 2 aliphatic heterocycles. The van der Waals surface area contributed by atoms with Gasteiger partial charge in [-0.25, -0.2) is 9.97 Å². The predicted molar refractivity (Wildman–Crippen MR) is 86.2 cm³/mol. The van der Waals surface area contributed by atoms with Crippen LogP contribution in [0, 0.1) is 0 Å². The van der Waals surface area contributed by atoms with Crippen LogP contribution in [0.15, 0.2) is 30.7 Å². The van der Waals surface area contributed by atoms with Crippen molar-refractivity contribution in [2.45, 2.75) is 18.9 Å². The topological polar surface area (TPSA) is 60.4 Å². The van der Waals surface area contributed by atoms with Crippen LogP contribution in [0.2, 0.25) is 0 Å². The van der Waals surface area contributed by atoms with Gasteiger partial charge in [-0.15, -0.1) is 0 Å². The second-order valence-corrected chi connectivity index (χ2v) is 5.81. The van der Waals surface area contributed by atoms with Gasteiger partial charge in [0.05, 0.1) is 18.9 Å². The van der Waals surface area contributed by atoms with Crippen LogP contribution in [0.4, 0.5) is 5.95 Å². The average molecular weight is 312 g/mol. The maximum atomic E-state index is 5.89. The van der Waals surface area contributed by atoms with Crippen LogP contribution in [-0.2, 0) is 9.47 Å². The molecule has 0 radical (unpaired) electrons. The fourth-order valence-electron chi connectivity index (χ4n) is 3.09. The lowest BCUT2D eigenvalue weighted by Crippen LogP contribution is -2.37. The smallest absolute Gasteiger partial charge is 0.225 e. The minimum atomic E-state index is 0.0564. The molecule has 0 N–H and O–H groups in total. The van der Waals surface area contributed by atoms with Crippen LogP contribution >= 0.6 is 0 Å². The molecule has 0 aromatic carbocycles. The van der Waals surface area contributed by atoms with Gasteiger partial charge in [0.1, 0.15) is 6.10 Å². The molecule has 2 aromatic heterocycles. The van der Waals surface area contributed by atoms with Crippen molar-refractivity contribution in [2.75, 3.05) is 37.8 Å². The molecule has 0 amide bonds. The molecule has 2 aromatic rings. The summed E-state index contributed by atoms with van der Waals surface area (Å²) in [5.41, 5.74) is 3.11. The van der Waals surface area contributed by atoms with Gasteiger partial charge in [-0.05, 0) is 30.5 Å². The minimum absolute atomic E-state index is 0.0564. The Kier molecular flexibility index (Phi) is 4.17. The monoisotopic (exact) mass is 312 g/mol. The second kappa shape index (κ2) is 6.60. The molecule has 0 spiro atoms. The lowest BCUT2D eigenvalue weighted by molar-refractivity contribution is 0.108. The Hall–Kier alpha value is -2.05. The summed E-state index contributed by atoms with van der Waals surface area (Å²) in [5, 5.41) is 0. The molecular formula is C17H20N4O2. The summed E-state index contributed by atoms with van der Waals surface area (Å²) < 4.78 is 11.3.